The number of nitrogens with one attached hydrogen (secondary N) is 1. The number of nitrogens with zero attached hydrogens (tertiary/aromatic N) is 1. The fraction of sp³-hybridized carbons (Fsp3) is 0.381. The highest BCUT2D eigenvalue weighted by atomic mass is 32.2. The quantitative estimate of drug-likeness (QED) is 0.833. The number of benzene rings is 2. The Hall–Kier alpha value is -2.18. The van der Waals surface area contributed by atoms with E-state index < -0.39 is 16.4 Å². The Balaban J connectivity index is 1.38. The highest BCUT2D eigenvalue weighted by Crippen LogP contribution is 2.48. The molecule has 1 unspecified atom stereocenters. The minimum Gasteiger partial charge on any atom is -0.497 e. The summed E-state index contributed by atoms with van der Waals surface area (Å²) in [6.45, 7) is 1.34. The topological polar surface area (TPSA) is 58.6 Å². The van der Waals surface area contributed by atoms with Crippen LogP contribution in [0.1, 0.15) is 24.8 Å². The number of ether oxygens (including phenoxy) is 1. The van der Waals surface area contributed by atoms with Crippen LogP contribution in [0.15, 0.2) is 59.5 Å². The van der Waals surface area contributed by atoms with E-state index in [0.717, 1.165) is 42.0 Å². The van der Waals surface area contributed by atoms with Crippen LogP contribution in [-0.2, 0) is 21.2 Å². The van der Waals surface area contributed by atoms with Crippen molar-refractivity contribution >= 4 is 16.9 Å². The maximum atomic E-state index is 12.9. The van der Waals surface area contributed by atoms with Gasteiger partial charge in [-0.3, -0.25) is 4.79 Å². The normalized spacial score (nSPS) is 22.2. The first-order chi connectivity index (χ1) is 13.1. The van der Waals surface area contributed by atoms with Crippen LogP contribution < -0.4 is 10.1 Å². The number of rotatable bonds is 6. The third kappa shape index (κ3) is 3.64. The van der Waals surface area contributed by atoms with Gasteiger partial charge in [0.2, 0.25) is 5.91 Å². The summed E-state index contributed by atoms with van der Waals surface area (Å²) in [6, 6.07) is 17.3. The fourth-order valence-electron chi connectivity index (χ4n) is 3.69. The van der Waals surface area contributed by atoms with Gasteiger partial charge in [0.15, 0.2) is 0 Å². The molecule has 6 heteroatoms. The summed E-state index contributed by atoms with van der Waals surface area (Å²) in [6.07, 6.45) is 2.57. The van der Waals surface area contributed by atoms with E-state index in [0.29, 0.717) is 6.54 Å². The van der Waals surface area contributed by atoms with E-state index in [9.17, 15) is 9.00 Å². The first kappa shape index (κ1) is 18.2. The average molecular weight is 385 g/mol. The number of hydrogen-bond donors (Lipinski definition) is 1. The molecule has 0 spiro atoms. The van der Waals surface area contributed by atoms with Crippen LogP contribution in [-0.4, -0.2) is 40.7 Å². The van der Waals surface area contributed by atoms with E-state index in [1.807, 2.05) is 58.9 Å². The lowest BCUT2D eigenvalue weighted by Crippen LogP contribution is -2.43. The molecule has 1 saturated heterocycles. The van der Waals surface area contributed by atoms with Gasteiger partial charge in [0, 0.05) is 19.1 Å². The van der Waals surface area contributed by atoms with Crippen molar-refractivity contribution in [1.82, 2.24) is 9.62 Å². The maximum Gasteiger partial charge on any atom is 0.230 e. The minimum absolute atomic E-state index is 0.0425. The molecule has 1 saturated carbocycles. The SMILES string of the molecule is COc1ccc(C2(C(=O)N[C@@H]3CCN(S(=O)c4ccccc4)C3)CC2)cc1. The first-order valence-electron chi connectivity index (χ1n) is 9.30. The molecular formula is C21H24N2O3S. The van der Waals surface area contributed by atoms with Gasteiger partial charge in [0.05, 0.1) is 17.4 Å². The van der Waals surface area contributed by atoms with E-state index >= 15 is 0 Å². The Kier molecular flexibility index (Phi) is 5.02. The summed E-state index contributed by atoms with van der Waals surface area (Å²) in [7, 11) is 0.467. The zero-order valence-electron chi connectivity index (χ0n) is 15.4. The number of methoxy groups -OCH3 is 1. The van der Waals surface area contributed by atoms with Crippen LogP contribution in [0, 0.1) is 0 Å². The van der Waals surface area contributed by atoms with E-state index in [4.69, 9.17) is 4.74 Å². The van der Waals surface area contributed by atoms with E-state index in [1.54, 1.807) is 7.11 Å². The molecule has 2 atom stereocenters. The van der Waals surface area contributed by atoms with Crippen LogP contribution >= 0.6 is 0 Å². The minimum atomic E-state index is -1.17. The highest BCUT2D eigenvalue weighted by Gasteiger charge is 2.51. The van der Waals surface area contributed by atoms with Gasteiger partial charge in [0.25, 0.3) is 0 Å². The third-order valence-corrected chi connectivity index (χ3v) is 6.97. The molecule has 0 radical (unpaired) electrons. The van der Waals surface area contributed by atoms with Gasteiger partial charge < -0.3 is 10.1 Å². The molecule has 5 nitrogen and oxygen atoms in total. The van der Waals surface area contributed by atoms with Crippen LogP contribution in [0.4, 0.5) is 0 Å². The molecule has 1 aliphatic heterocycles. The Labute approximate surface area is 162 Å². The molecule has 1 N–H and O–H groups in total. The molecule has 2 aromatic carbocycles. The van der Waals surface area contributed by atoms with Crippen molar-refractivity contribution in [2.45, 2.75) is 35.6 Å². The number of carbonyl (C=O) groups is 1. The van der Waals surface area contributed by atoms with E-state index in [-0.39, 0.29) is 11.9 Å². The van der Waals surface area contributed by atoms with Gasteiger partial charge in [-0.15, -0.1) is 0 Å². The van der Waals surface area contributed by atoms with Crippen LogP contribution in [0.2, 0.25) is 0 Å². The van der Waals surface area contributed by atoms with Crippen molar-refractivity contribution in [3.63, 3.8) is 0 Å². The van der Waals surface area contributed by atoms with Crippen molar-refractivity contribution in [3.8, 4) is 5.75 Å². The van der Waals surface area contributed by atoms with Gasteiger partial charge in [-0.2, -0.15) is 0 Å². The second-order valence-corrected chi connectivity index (χ2v) is 8.71. The second kappa shape index (κ2) is 7.44. The summed E-state index contributed by atoms with van der Waals surface area (Å²) in [5, 5.41) is 3.20. The predicted octanol–water partition coefficient (Wildman–Crippen LogP) is 2.64. The molecule has 0 aromatic heterocycles. The Morgan fingerprint density at radius 2 is 1.85 bits per heavy atom. The van der Waals surface area contributed by atoms with Crippen molar-refractivity contribution in [2.24, 2.45) is 0 Å². The number of hydrogen-bond acceptors (Lipinski definition) is 3. The summed E-state index contributed by atoms with van der Waals surface area (Å²) < 4.78 is 19.8. The summed E-state index contributed by atoms with van der Waals surface area (Å²) in [5.74, 6) is 0.884. The smallest absolute Gasteiger partial charge is 0.230 e. The van der Waals surface area contributed by atoms with Gasteiger partial charge in [-0.1, -0.05) is 30.3 Å². The zero-order valence-corrected chi connectivity index (χ0v) is 16.2. The van der Waals surface area contributed by atoms with Crippen LogP contribution in [0.3, 0.4) is 0 Å². The molecule has 27 heavy (non-hydrogen) atoms. The van der Waals surface area contributed by atoms with Gasteiger partial charge in [0.1, 0.15) is 16.7 Å². The molecule has 1 amide bonds. The summed E-state index contributed by atoms with van der Waals surface area (Å²) in [4.78, 5) is 13.8. The molecular weight excluding hydrogens is 360 g/mol. The van der Waals surface area contributed by atoms with E-state index in [2.05, 4.69) is 5.32 Å². The number of amides is 1. The fourth-order valence-corrected chi connectivity index (χ4v) is 4.96. The Morgan fingerprint density at radius 1 is 1.15 bits per heavy atom. The first-order valence-corrected chi connectivity index (χ1v) is 10.4. The maximum absolute atomic E-state index is 12.9. The van der Waals surface area contributed by atoms with E-state index in [1.165, 1.54) is 0 Å². The Morgan fingerprint density at radius 3 is 2.48 bits per heavy atom. The highest BCUT2D eigenvalue weighted by molar-refractivity contribution is 7.82. The lowest BCUT2D eigenvalue weighted by Gasteiger charge is -2.20. The average Bonchev–Trinajstić information content (AvgIpc) is 3.41. The van der Waals surface area contributed by atoms with Gasteiger partial charge in [-0.05, 0) is 49.1 Å². The largest absolute Gasteiger partial charge is 0.497 e. The van der Waals surface area contributed by atoms with Crippen molar-refractivity contribution in [3.05, 3.63) is 60.2 Å². The predicted molar refractivity (Wildman–Crippen MR) is 105 cm³/mol. The molecule has 142 valence electrons. The summed E-state index contributed by atoms with van der Waals surface area (Å²) in [5.41, 5.74) is 0.640. The standard InChI is InChI=1S/C21H24N2O3S/c1-26-18-9-7-16(8-10-18)21(12-13-21)20(24)22-17-11-14-23(15-17)27(25)19-5-3-2-4-6-19/h2-10,17H,11-15H2,1H3,(H,22,24)/t17-,27?/m1/s1. The number of carbonyl (C=O) groups excluding carboxylic acids is 1. The van der Waals surface area contributed by atoms with Crippen molar-refractivity contribution in [1.29, 1.82) is 0 Å². The van der Waals surface area contributed by atoms with Crippen molar-refractivity contribution in [2.75, 3.05) is 20.2 Å². The lowest BCUT2D eigenvalue weighted by molar-refractivity contribution is -0.124. The van der Waals surface area contributed by atoms with Crippen LogP contribution in [0.25, 0.3) is 0 Å². The van der Waals surface area contributed by atoms with Gasteiger partial charge >= 0.3 is 0 Å². The summed E-state index contributed by atoms with van der Waals surface area (Å²) >= 11 is 0. The van der Waals surface area contributed by atoms with Gasteiger partial charge in [-0.25, -0.2) is 8.51 Å². The molecule has 4 rings (SSSR count). The molecule has 2 fully saturated rings. The van der Waals surface area contributed by atoms with Crippen LogP contribution in [0.5, 0.6) is 5.75 Å². The monoisotopic (exact) mass is 384 g/mol. The molecule has 2 aliphatic rings. The van der Waals surface area contributed by atoms with Crippen molar-refractivity contribution < 1.29 is 13.7 Å². The zero-order chi connectivity index (χ0) is 18.9. The molecule has 2 aromatic rings. The third-order valence-electron chi connectivity index (χ3n) is 5.49. The molecule has 1 aliphatic carbocycles. The Bertz CT molecular complexity index is 834. The second-order valence-electron chi connectivity index (χ2n) is 7.22. The molecule has 0 bridgehead atoms. The lowest BCUT2D eigenvalue weighted by atomic mass is 9.94. The molecule has 1 heterocycles.